The minimum absolute atomic E-state index is 0.0453. The van der Waals surface area contributed by atoms with Crippen LogP contribution in [0.2, 0.25) is 0 Å². The number of carbonyl (C=O) groups is 3. The zero-order valence-corrected chi connectivity index (χ0v) is 23.3. The molecular formula is C30H42O7. The van der Waals surface area contributed by atoms with Gasteiger partial charge < -0.3 is 20.4 Å². The van der Waals surface area contributed by atoms with E-state index in [1.165, 1.54) is 32.9 Å². The fourth-order valence-electron chi connectivity index (χ4n) is 8.58. The first-order valence-electron chi connectivity index (χ1n) is 13.2. The largest absolute Gasteiger partial charge is 0.505 e. The molecule has 0 aliphatic heterocycles. The lowest BCUT2D eigenvalue weighted by Gasteiger charge is -2.63. The zero-order valence-electron chi connectivity index (χ0n) is 23.3. The minimum Gasteiger partial charge on any atom is -0.505 e. The zero-order chi connectivity index (χ0) is 28.1. The Morgan fingerprint density at radius 2 is 1.65 bits per heavy atom. The van der Waals surface area contributed by atoms with Gasteiger partial charge in [-0.3, -0.25) is 14.4 Å². The molecule has 0 radical (unpaired) electrons. The van der Waals surface area contributed by atoms with Gasteiger partial charge in [0.2, 0.25) is 5.78 Å². The Balaban J connectivity index is 1.82. The molecule has 4 aliphatic rings. The van der Waals surface area contributed by atoms with Crippen molar-refractivity contribution in [1.82, 2.24) is 0 Å². The van der Waals surface area contributed by atoms with E-state index in [-0.39, 0.29) is 29.7 Å². The summed E-state index contributed by atoms with van der Waals surface area (Å²) in [6, 6.07) is 0. The number of aliphatic hydroxyl groups is 4. The highest BCUT2D eigenvalue weighted by Gasteiger charge is 2.74. The lowest BCUT2D eigenvalue weighted by molar-refractivity contribution is -0.179. The quantitative estimate of drug-likeness (QED) is 0.333. The molecule has 0 heterocycles. The highest BCUT2D eigenvalue weighted by Crippen LogP contribution is 2.73. The van der Waals surface area contributed by atoms with Crippen molar-refractivity contribution >= 4 is 17.3 Å². The molecule has 0 bridgehead atoms. The molecule has 3 unspecified atom stereocenters. The van der Waals surface area contributed by atoms with Crippen molar-refractivity contribution < 1.29 is 34.8 Å². The van der Waals surface area contributed by atoms with Gasteiger partial charge in [-0.25, -0.2) is 0 Å². The van der Waals surface area contributed by atoms with Crippen LogP contribution in [0.15, 0.2) is 35.6 Å². The standard InChI is InChI=1S/C30H42O7/c1-25(2,36)12-11-21(33)30(8,37)23-19(32)14-27(5)20-10-9-16-17(13-18(31)24(35)26(16,3)4)29(20,7)22(34)15-28(23,27)6/h9,11-13,17,19-20,23,31-32,36-37H,10,14-15H2,1-8H3/b12-11+/t17-,19?,20-,23?,27-,28+,29+,30?/m0/s1. The van der Waals surface area contributed by atoms with Gasteiger partial charge in [0.15, 0.2) is 11.5 Å². The molecule has 2 saturated carbocycles. The van der Waals surface area contributed by atoms with Crippen LogP contribution in [0.5, 0.6) is 0 Å². The van der Waals surface area contributed by atoms with Crippen molar-refractivity contribution in [2.75, 3.05) is 0 Å². The van der Waals surface area contributed by atoms with Gasteiger partial charge >= 0.3 is 0 Å². The second-order valence-corrected chi connectivity index (χ2v) is 13.9. The Hall–Kier alpha value is -2.09. The summed E-state index contributed by atoms with van der Waals surface area (Å²) < 4.78 is 0. The molecule has 2 fully saturated rings. The number of fused-ring (bicyclic) bond motifs is 5. The molecule has 204 valence electrons. The highest BCUT2D eigenvalue weighted by atomic mass is 16.3. The third-order valence-electron chi connectivity index (χ3n) is 10.8. The van der Waals surface area contributed by atoms with Gasteiger partial charge in [-0.1, -0.05) is 38.5 Å². The second-order valence-electron chi connectivity index (χ2n) is 13.9. The molecule has 4 aliphatic carbocycles. The number of aliphatic hydroxyl groups excluding tert-OH is 2. The number of Topliss-reactive ketones (excluding diaryl/α,β-unsaturated/α-hetero) is 2. The second kappa shape index (κ2) is 7.96. The Morgan fingerprint density at radius 1 is 1.05 bits per heavy atom. The Kier molecular flexibility index (Phi) is 6.01. The summed E-state index contributed by atoms with van der Waals surface area (Å²) >= 11 is 0. The van der Waals surface area contributed by atoms with E-state index in [4.69, 9.17) is 0 Å². The van der Waals surface area contributed by atoms with Gasteiger partial charge in [-0.2, -0.15) is 0 Å². The topological polar surface area (TPSA) is 132 Å². The van der Waals surface area contributed by atoms with Gasteiger partial charge in [0.05, 0.1) is 17.1 Å². The molecule has 0 spiro atoms. The molecule has 0 saturated heterocycles. The van der Waals surface area contributed by atoms with E-state index in [1.807, 2.05) is 26.8 Å². The van der Waals surface area contributed by atoms with Crippen LogP contribution in [-0.4, -0.2) is 55.1 Å². The Bertz CT molecular complexity index is 1150. The molecule has 0 aromatic rings. The van der Waals surface area contributed by atoms with Crippen molar-refractivity contribution in [2.45, 2.75) is 92.0 Å². The maximum Gasteiger partial charge on any atom is 0.206 e. The highest BCUT2D eigenvalue weighted by molar-refractivity contribution is 6.02. The molecule has 7 nitrogen and oxygen atoms in total. The number of carbonyl (C=O) groups excluding carboxylic acids is 3. The first kappa shape index (κ1) is 27.9. The van der Waals surface area contributed by atoms with E-state index >= 15 is 0 Å². The number of hydrogen-bond donors (Lipinski definition) is 4. The Labute approximate surface area is 219 Å². The maximum absolute atomic E-state index is 14.2. The van der Waals surface area contributed by atoms with Crippen LogP contribution in [0.1, 0.15) is 74.7 Å². The smallest absolute Gasteiger partial charge is 0.206 e. The molecule has 4 rings (SSSR count). The van der Waals surface area contributed by atoms with Crippen LogP contribution in [-0.2, 0) is 14.4 Å². The minimum atomic E-state index is -1.96. The summed E-state index contributed by atoms with van der Waals surface area (Å²) in [5.41, 5.74) is -5.75. The lowest BCUT2D eigenvalue weighted by Crippen LogP contribution is -2.64. The van der Waals surface area contributed by atoms with Crippen LogP contribution in [0.4, 0.5) is 0 Å². The van der Waals surface area contributed by atoms with Crippen molar-refractivity contribution in [3.05, 3.63) is 35.6 Å². The fraction of sp³-hybridized carbons (Fsp3) is 0.700. The van der Waals surface area contributed by atoms with E-state index in [0.29, 0.717) is 12.8 Å². The third kappa shape index (κ3) is 3.60. The van der Waals surface area contributed by atoms with E-state index < -0.39 is 56.6 Å². The van der Waals surface area contributed by atoms with Gasteiger partial charge in [0.25, 0.3) is 0 Å². The molecule has 0 amide bonds. The molecule has 37 heavy (non-hydrogen) atoms. The summed E-state index contributed by atoms with van der Waals surface area (Å²) in [6.45, 7) is 13.8. The maximum atomic E-state index is 14.2. The van der Waals surface area contributed by atoms with Gasteiger partial charge in [-0.05, 0) is 76.4 Å². The summed E-state index contributed by atoms with van der Waals surface area (Å²) in [5.74, 6) is -2.98. The van der Waals surface area contributed by atoms with Gasteiger partial charge in [0, 0.05) is 23.7 Å². The van der Waals surface area contributed by atoms with Crippen LogP contribution in [0, 0.1) is 39.4 Å². The molecule has 8 atom stereocenters. The van der Waals surface area contributed by atoms with Crippen molar-refractivity contribution in [2.24, 2.45) is 39.4 Å². The lowest BCUT2D eigenvalue weighted by atomic mass is 9.39. The van der Waals surface area contributed by atoms with Crippen LogP contribution in [0.3, 0.4) is 0 Å². The van der Waals surface area contributed by atoms with E-state index in [9.17, 15) is 34.8 Å². The number of rotatable bonds is 4. The molecular weight excluding hydrogens is 472 g/mol. The molecule has 0 aromatic carbocycles. The van der Waals surface area contributed by atoms with Crippen molar-refractivity contribution in [3.8, 4) is 0 Å². The van der Waals surface area contributed by atoms with Crippen molar-refractivity contribution in [3.63, 3.8) is 0 Å². The molecule has 0 aromatic heterocycles. The average Bonchev–Trinajstić information content (AvgIpc) is 2.96. The first-order chi connectivity index (χ1) is 16.7. The third-order valence-corrected chi connectivity index (χ3v) is 10.8. The normalized spacial score (nSPS) is 42.9. The summed E-state index contributed by atoms with van der Waals surface area (Å²) in [6.07, 6.45) is 5.85. The van der Waals surface area contributed by atoms with E-state index in [1.54, 1.807) is 13.8 Å². The first-order valence-corrected chi connectivity index (χ1v) is 13.2. The molecule has 4 N–H and O–H groups in total. The fourth-order valence-corrected chi connectivity index (χ4v) is 8.58. The number of ketones is 3. The van der Waals surface area contributed by atoms with Crippen LogP contribution in [0.25, 0.3) is 0 Å². The predicted molar refractivity (Wildman–Crippen MR) is 138 cm³/mol. The Morgan fingerprint density at radius 3 is 2.22 bits per heavy atom. The van der Waals surface area contributed by atoms with E-state index in [0.717, 1.165) is 11.6 Å². The van der Waals surface area contributed by atoms with Gasteiger partial charge in [-0.15, -0.1) is 0 Å². The van der Waals surface area contributed by atoms with Crippen LogP contribution < -0.4 is 0 Å². The average molecular weight is 515 g/mol. The predicted octanol–water partition coefficient (Wildman–Crippen LogP) is 3.62. The summed E-state index contributed by atoms with van der Waals surface area (Å²) in [4.78, 5) is 40.1. The number of hydrogen-bond acceptors (Lipinski definition) is 7. The summed E-state index contributed by atoms with van der Waals surface area (Å²) in [7, 11) is 0. The summed E-state index contributed by atoms with van der Waals surface area (Å²) in [5, 5.41) is 43.6. The van der Waals surface area contributed by atoms with Gasteiger partial charge in [0.1, 0.15) is 11.4 Å². The number of allylic oxidation sites excluding steroid dienone is 4. The van der Waals surface area contributed by atoms with Crippen LogP contribution >= 0.6 is 0 Å². The van der Waals surface area contributed by atoms with Crippen molar-refractivity contribution in [1.29, 1.82) is 0 Å². The van der Waals surface area contributed by atoms with E-state index in [2.05, 4.69) is 0 Å². The molecule has 7 heteroatoms. The SMILES string of the molecule is CC(C)(O)/C=C/C(=O)C(C)(O)C1C(O)C[C@@]2(C)[C@@H]3CC=C4[C@H](C=C(O)C(=O)C4(C)C)[C@@]3(C)C(=O)C[C@]12C. The monoisotopic (exact) mass is 514 g/mol.